The minimum Gasteiger partial charge on any atom is -0.376 e. The molecule has 0 N–H and O–H groups in total. The molecule has 0 aromatic heterocycles. The van der Waals surface area contributed by atoms with Crippen LogP contribution in [-0.2, 0) is 21.2 Å². The molecule has 0 bridgehead atoms. The fourth-order valence-corrected chi connectivity index (χ4v) is 4.26. The summed E-state index contributed by atoms with van der Waals surface area (Å²) < 4.78 is 28.7. The molecule has 0 radical (unpaired) electrons. The van der Waals surface area contributed by atoms with Crippen molar-refractivity contribution in [3.63, 3.8) is 0 Å². The summed E-state index contributed by atoms with van der Waals surface area (Å²) in [6.07, 6.45) is 6.94. The third-order valence-electron chi connectivity index (χ3n) is 5.22. The van der Waals surface area contributed by atoms with Crippen LogP contribution in [0.5, 0.6) is 0 Å². The second-order valence-corrected chi connectivity index (χ2v) is 9.03. The first-order valence-corrected chi connectivity index (χ1v) is 10.4. The Morgan fingerprint density at radius 2 is 1.92 bits per heavy atom. The van der Waals surface area contributed by atoms with Crippen LogP contribution in [0.4, 0.5) is 0 Å². The minimum absolute atomic E-state index is 0.345. The third-order valence-corrected chi connectivity index (χ3v) is 6.34. The lowest BCUT2D eigenvalue weighted by atomic mass is 9.91. The highest BCUT2D eigenvalue weighted by Crippen LogP contribution is 2.48. The molecule has 2 aliphatic rings. The van der Waals surface area contributed by atoms with Gasteiger partial charge in [0.15, 0.2) is 16.0 Å². The monoisotopic (exact) mass is 348 g/mol. The van der Waals surface area contributed by atoms with Gasteiger partial charge in [-0.25, -0.2) is 8.42 Å². The van der Waals surface area contributed by atoms with Gasteiger partial charge in [-0.3, -0.25) is 0 Å². The molecule has 1 aliphatic carbocycles. The van der Waals surface area contributed by atoms with Crippen LogP contribution in [0.1, 0.15) is 24.8 Å². The van der Waals surface area contributed by atoms with Crippen LogP contribution in [-0.4, -0.2) is 39.3 Å². The Bertz CT molecular complexity index is 701. The van der Waals surface area contributed by atoms with Crippen molar-refractivity contribution in [2.45, 2.75) is 30.8 Å². The van der Waals surface area contributed by atoms with Gasteiger partial charge >= 0.3 is 0 Å². The summed E-state index contributed by atoms with van der Waals surface area (Å²) in [5.41, 5.74) is 1.00. The largest absolute Gasteiger partial charge is 0.376 e. The normalized spacial score (nSPS) is 24.6. The van der Waals surface area contributed by atoms with Gasteiger partial charge in [0, 0.05) is 19.3 Å². The molecule has 0 unspecified atom stereocenters. The van der Waals surface area contributed by atoms with Gasteiger partial charge in [-0.15, -0.1) is 0 Å². The highest BCUT2D eigenvalue weighted by molar-refractivity contribution is 7.90. The van der Waals surface area contributed by atoms with Crippen molar-refractivity contribution in [2.24, 2.45) is 17.8 Å². The maximum Gasteiger partial charge on any atom is 0.179 e. The summed E-state index contributed by atoms with van der Waals surface area (Å²) in [6.45, 7) is 3.10. The standard InChI is InChI=1S/C18H24N2O3S/c1-24(21,22)17-4-2-14(3-5-17)11-23-12-16-10-18(16)15-6-8-20(13-19)9-7-15/h2-5,15-16,18H,6-12H2,1H3/t16-,18-/m1/s1. The molecule has 1 aliphatic heterocycles. The summed E-state index contributed by atoms with van der Waals surface area (Å²) in [4.78, 5) is 2.20. The van der Waals surface area contributed by atoms with E-state index in [1.165, 1.54) is 12.7 Å². The highest BCUT2D eigenvalue weighted by Gasteiger charge is 2.43. The van der Waals surface area contributed by atoms with Crippen LogP contribution in [0.25, 0.3) is 0 Å². The molecule has 0 amide bonds. The summed E-state index contributed by atoms with van der Waals surface area (Å²) in [5, 5.41) is 8.89. The average Bonchev–Trinajstić information content (AvgIpc) is 3.34. The zero-order chi connectivity index (χ0) is 17.2. The molecule has 24 heavy (non-hydrogen) atoms. The van der Waals surface area contributed by atoms with E-state index in [2.05, 4.69) is 6.19 Å². The van der Waals surface area contributed by atoms with Crippen molar-refractivity contribution in [1.82, 2.24) is 4.90 Å². The molecule has 6 heteroatoms. The number of piperidine rings is 1. The lowest BCUT2D eigenvalue weighted by molar-refractivity contribution is 0.102. The van der Waals surface area contributed by atoms with Crippen LogP contribution in [0.15, 0.2) is 29.2 Å². The summed E-state index contributed by atoms with van der Waals surface area (Å²) in [5.74, 6) is 2.16. The summed E-state index contributed by atoms with van der Waals surface area (Å²) >= 11 is 0. The first-order chi connectivity index (χ1) is 11.5. The SMILES string of the molecule is CS(=O)(=O)c1ccc(COC[C@H]2C[C@@H]2C2CCN(C#N)CC2)cc1. The number of rotatable bonds is 6. The molecule has 2 fully saturated rings. The molecule has 3 rings (SSSR count). The average molecular weight is 348 g/mol. The molecule has 1 saturated heterocycles. The van der Waals surface area contributed by atoms with Gasteiger partial charge in [-0.1, -0.05) is 12.1 Å². The zero-order valence-corrected chi connectivity index (χ0v) is 14.8. The Morgan fingerprint density at radius 3 is 2.50 bits per heavy atom. The Labute approximate surface area is 144 Å². The van der Waals surface area contributed by atoms with E-state index in [-0.39, 0.29) is 0 Å². The van der Waals surface area contributed by atoms with Crippen LogP contribution in [0.3, 0.4) is 0 Å². The molecule has 1 heterocycles. The molecule has 1 aromatic carbocycles. The fraction of sp³-hybridized carbons (Fsp3) is 0.611. The summed E-state index contributed by atoms with van der Waals surface area (Å²) in [7, 11) is -3.13. The smallest absolute Gasteiger partial charge is 0.179 e. The minimum atomic E-state index is -3.13. The topological polar surface area (TPSA) is 70.4 Å². The predicted octanol–water partition coefficient (Wildman–Crippen LogP) is 2.44. The fourth-order valence-electron chi connectivity index (χ4n) is 3.63. The number of benzene rings is 1. The van der Waals surface area contributed by atoms with E-state index in [1.54, 1.807) is 12.1 Å². The molecule has 130 valence electrons. The van der Waals surface area contributed by atoms with Gasteiger partial charge in [0.05, 0.1) is 18.1 Å². The molecular formula is C18H24N2O3S. The Kier molecular flexibility index (Phi) is 5.12. The Hall–Kier alpha value is -1.58. The van der Waals surface area contributed by atoms with Gasteiger partial charge in [0.1, 0.15) is 0 Å². The molecule has 2 atom stereocenters. The van der Waals surface area contributed by atoms with Crippen LogP contribution < -0.4 is 0 Å². The number of nitrogens with zero attached hydrogens (tertiary/aromatic N) is 2. The van der Waals surface area contributed by atoms with E-state index in [1.807, 2.05) is 17.0 Å². The van der Waals surface area contributed by atoms with E-state index >= 15 is 0 Å². The Balaban J connectivity index is 1.38. The number of ether oxygens (including phenoxy) is 1. The number of likely N-dealkylation sites (tertiary alicyclic amines) is 1. The van der Waals surface area contributed by atoms with Gasteiger partial charge in [0.25, 0.3) is 0 Å². The van der Waals surface area contributed by atoms with E-state index in [0.29, 0.717) is 17.4 Å². The number of sulfone groups is 1. The van der Waals surface area contributed by atoms with Crippen LogP contribution >= 0.6 is 0 Å². The first kappa shape index (κ1) is 17.2. The first-order valence-electron chi connectivity index (χ1n) is 8.49. The zero-order valence-electron chi connectivity index (χ0n) is 14.0. The van der Waals surface area contributed by atoms with E-state index in [4.69, 9.17) is 10.00 Å². The number of hydrogen-bond acceptors (Lipinski definition) is 5. The van der Waals surface area contributed by atoms with Crippen LogP contribution in [0.2, 0.25) is 0 Å². The van der Waals surface area contributed by atoms with Crippen molar-refractivity contribution in [1.29, 1.82) is 5.26 Å². The predicted molar refractivity (Wildman–Crippen MR) is 90.7 cm³/mol. The van der Waals surface area contributed by atoms with Crippen molar-refractivity contribution < 1.29 is 13.2 Å². The van der Waals surface area contributed by atoms with E-state index in [0.717, 1.165) is 49.9 Å². The molecule has 0 spiro atoms. The van der Waals surface area contributed by atoms with Gasteiger partial charge in [0.2, 0.25) is 0 Å². The number of hydrogen-bond donors (Lipinski definition) is 0. The maximum atomic E-state index is 11.4. The lowest BCUT2D eigenvalue weighted by Gasteiger charge is -2.28. The van der Waals surface area contributed by atoms with Crippen molar-refractivity contribution >= 4 is 9.84 Å². The van der Waals surface area contributed by atoms with Crippen molar-refractivity contribution in [3.05, 3.63) is 29.8 Å². The highest BCUT2D eigenvalue weighted by atomic mass is 32.2. The van der Waals surface area contributed by atoms with E-state index in [9.17, 15) is 8.42 Å². The molecule has 5 nitrogen and oxygen atoms in total. The van der Waals surface area contributed by atoms with Crippen molar-refractivity contribution in [2.75, 3.05) is 26.0 Å². The quantitative estimate of drug-likeness (QED) is 0.739. The number of nitriles is 1. The van der Waals surface area contributed by atoms with Crippen molar-refractivity contribution in [3.8, 4) is 6.19 Å². The van der Waals surface area contributed by atoms with Gasteiger partial charge < -0.3 is 9.64 Å². The van der Waals surface area contributed by atoms with Gasteiger partial charge in [-0.2, -0.15) is 5.26 Å². The molecule has 1 saturated carbocycles. The second kappa shape index (κ2) is 7.12. The molecule has 1 aromatic rings. The third kappa shape index (κ3) is 4.28. The molecular weight excluding hydrogens is 324 g/mol. The Morgan fingerprint density at radius 1 is 1.25 bits per heavy atom. The summed E-state index contributed by atoms with van der Waals surface area (Å²) in [6, 6.07) is 6.91. The second-order valence-electron chi connectivity index (χ2n) is 7.02. The van der Waals surface area contributed by atoms with Crippen LogP contribution in [0, 0.1) is 29.2 Å². The van der Waals surface area contributed by atoms with E-state index < -0.39 is 9.84 Å². The maximum absolute atomic E-state index is 11.4. The van der Waals surface area contributed by atoms with Gasteiger partial charge in [-0.05, 0) is 54.7 Å². The lowest BCUT2D eigenvalue weighted by Crippen LogP contribution is -2.30.